The van der Waals surface area contributed by atoms with Crippen molar-refractivity contribution in [1.29, 1.82) is 0 Å². The van der Waals surface area contributed by atoms with Crippen LogP contribution in [0.25, 0.3) is 0 Å². The normalized spacial score (nSPS) is 16.8. The molecule has 62 valence electrons. The summed E-state index contributed by atoms with van der Waals surface area (Å²) >= 11 is 0. The van der Waals surface area contributed by atoms with E-state index in [9.17, 15) is 4.39 Å². The van der Waals surface area contributed by atoms with Crippen molar-refractivity contribution in [2.45, 2.75) is 25.8 Å². The number of nitrogens with two attached hydrogens (primary N) is 1. The first-order valence-corrected chi connectivity index (χ1v) is 3.63. The number of aliphatic hydroxyl groups is 1. The monoisotopic (exact) mass is 149 g/mol. The van der Waals surface area contributed by atoms with Gasteiger partial charge < -0.3 is 10.8 Å². The standard InChI is InChI=1S/C7H16FNO/c1-6(9)4-7(5-10)2-3-8/h6-7,10H,2-5,9H2,1H3/t6-,7+/m0/s1. The van der Waals surface area contributed by atoms with Crippen LogP contribution in [0.4, 0.5) is 4.39 Å². The lowest BCUT2D eigenvalue weighted by atomic mass is 9.99. The summed E-state index contributed by atoms with van der Waals surface area (Å²) in [5.74, 6) is 0.0463. The molecule has 0 aliphatic rings. The number of hydrogen-bond acceptors (Lipinski definition) is 2. The predicted octanol–water partition coefficient (Wildman–Crippen LogP) is 0.692. The average Bonchev–Trinajstić information content (AvgIpc) is 1.86. The van der Waals surface area contributed by atoms with Crippen LogP contribution >= 0.6 is 0 Å². The molecule has 3 N–H and O–H groups in total. The molecule has 0 bridgehead atoms. The van der Waals surface area contributed by atoms with Crippen molar-refractivity contribution < 1.29 is 9.50 Å². The highest BCUT2D eigenvalue weighted by Crippen LogP contribution is 2.09. The van der Waals surface area contributed by atoms with Crippen molar-refractivity contribution in [2.24, 2.45) is 11.7 Å². The fraction of sp³-hybridized carbons (Fsp3) is 1.00. The molecule has 0 spiro atoms. The summed E-state index contributed by atoms with van der Waals surface area (Å²) in [6, 6.07) is 0.0590. The lowest BCUT2D eigenvalue weighted by molar-refractivity contribution is 0.195. The molecule has 0 rings (SSSR count). The summed E-state index contributed by atoms with van der Waals surface area (Å²) in [4.78, 5) is 0. The highest BCUT2D eigenvalue weighted by atomic mass is 19.1. The number of aliphatic hydroxyl groups excluding tert-OH is 1. The van der Waals surface area contributed by atoms with Gasteiger partial charge in [0.2, 0.25) is 0 Å². The lowest BCUT2D eigenvalue weighted by Crippen LogP contribution is -2.21. The fourth-order valence-corrected chi connectivity index (χ4v) is 0.964. The molecule has 0 amide bonds. The van der Waals surface area contributed by atoms with Gasteiger partial charge in [-0.25, -0.2) is 0 Å². The molecule has 0 radical (unpaired) electrons. The molecule has 0 heterocycles. The van der Waals surface area contributed by atoms with Crippen LogP contribution in [0.5, 0.6) is 0 Å². The van der Waals surface area contributed by atoms with E-state index in [0.29, 0.717) is 12.8 Å². The van der Waals surface area contributed by atoms with E-state index in [1.54, 1.807) is 0 Å². The topological polar surface area (TPSA) is 46.2 Å². The molecule has 0 aliphatic heterocycles. The lowest BCUT2D eigenvalue weighted by Gasteiger charge is -2.13. The second-order valence-electron chi connectivity index (χ2n) is 2.74. The van der Waals surface area contributed by atoms with Gasteiger partial charge in [0.15, 0.2) is 0 Å². The van der Waals surface area contributed by atoms with Gasteiger partial charge in [0.05, 0.1) is 6.67 Å². The Hall–Kier alpha value is -0.150. The minimum Gasteiger partial charge on any atom is -0.396 e. The van der Waals surface area contributed by atoms with E-state index in [2.05, 4.69) is 0 Å². The van der Waals surface area contributed by atoms with Crippen LogP contribution in [0, 0.1) is 5.92 Å². The minimum absolute atomic E-state index is 0.0463. The second kappa shape index (κ2) is 5.62. The molecule has 0 aromatic carbocycles. The van der Waals surface area contributed by atoms with Crippen LogP contribution in [0.3, 0.4) is 0 Å². The first-order chi connectivity index (χ1) is 4.70. The molecule has 0 aromatic rings. The van der Waals surface area contributed by atoms with Gasteiger partial charge in [-0.3, -0.25) is 4.39 Å². The van der Waals surface area contributed by atoms with Gasteiger partial charge >= 0.3 is 0 Å². The maximum absolute atomic E-state index is 11.7. The zero-order valence-electron chi connectivity index (χ0n) is 6.39. The molecule has 2 atom stereocenters. The highest BCUT2D eigenvalue weighted by Gasteiger charge is 2.08. The summed E-state index contributed by atoms with van der Waals surface area (Å²) in [5, 5.41) is 8.68. The van der Waals surface area contributed by atoms with Gasteiger partial charge in [0.25, 0.3) is 0 Å². The predicted molar refractivity (Wildman–Crippen MR) is 39.4 cm³/mol. The molecule has 3 heteroatoms. The number of rotatable bonds is 5. The molecular formula is C7H16FNO. The van der Waals surface area contributed by atoms with Crippen molar-refractivity contribution in [2.75, 3.05) is 13.3 Å². The number of alkyl halides is 1. The van der Waals surface area contributed by atoms with Crippen molar-refractivity contribution in [3.8, 4) is 0 Å². The molecule has 0 aromatic heterocycles. The summed E-state index contributed by atoms with van der Waals surface area (Å²) < 4.78 is 11.7. The van der Waals surface area contributed by atoms with Gasteiger partial charge in [-0.15, -0.1) is 0 Å². The molecule has 0 aliphatic carbocycles. The summed E-state index contributed by atoms with van der Waals surface area (Å²) in [7, 11) is 0. The molecule has 2 nitrogen and oxygen atoms in total. The highest BCUT2D eigenvalue weighted by molar-refractivity contribution is 4.63. The first kappa shape index (κ1) is 9.85. The Morgan fingerprint density at radius 3 is 2.50 bits per heavy atom. The maximum Gasteiger partial charge on any atom is 0.0898 e. The zero-order valence-corrected chi connectivity index (χ0v) is 6.39. The quantitative estimate of drug-likeness (QED) is 0.604. The second-order valence-corrected chi connectivity index (χ2v) is 2.74. The van der Waals surface area contributed by atoms with E-state index in [1.807, 2.05) is 6.92 Å². The maximum atomic E-state index is 11.7. The van der Waals surface area contributed by atoms with Crippen molar-refractivity contribution in [1.82, 2.24) is 0 Å². The van der Waals surface area contributed by atoms with E-state index in [-0.39, 0.29) is 25.2 Å². The summed E-state index contributed by atoms with van der Waals surface area (Å²) in [6.45, 7) is 1.55. The Labute approximate surface area is 61.2 Å². The van der Waals surface area contributed by atoms with Crippen molar-refractivity contribution in [3.05, 3.63) is 0 Å². The van der Waals surface area contributed by atoms with Gasteiger partial charge in [-0.2, -0.15) is 0 Å². The Morgan fingerprint density at radius 1 is 1.60 bits per heavy atom. The fourth-order valence-electron chi connectivity index (χ4n) is 0.964. The summed E-state index contributed by atoms with van der Waals surface area (Å²) in [5.41, 5.74) is 5.47. The van der Waals surface area contributed by atoms with E-state index in [0.717, 1.165) is 0 Å². The Morgan fingerprint density at radius 2 is 2.20 bits per heavy atom. The van der Waals surface area contributed by atoms with Gasteiger partial charge in [0.1, 0.15) is 0 Å². The van der Waals surface area contributed by atoms with Crippen LogP contribution < -0.4 is 5.73 Å². The molecule has 0 saturated heterocycles. The van der Waals surface area contributed by atoms with Crippen LogP contribution in [0.1, 0.15) is 19.8 Å². The van der Waals surface area contributed by atoms with E-state index in [4.69, 9.17) is 10.8 Å². The number of hydrogen-bond donors (Lipinski definition) is 2. The van der Waals surface area contributed by atoms with Crippen LogP contribution in [-0.2, 0) is 0 Å². The molecular weight excluding hydrogens is 133 g/mol. The van der Waals surface area contributed by atoms with Crippen LogP contribution in [-0.4, -0.2) is 24.4 Å². The number of halogens is 1. The van der Waals surface area contributed by atoms with Gasteiger partial charge in [-0.05, 0) is 25.7 Å². The van der Waals surface area contributed by atoms with Gasteiger partial charge in [0, 0.05) is 12.6 Å². The van der Waals surface area contributed by atoms with Crippen LogP contribution in [0.15, 0.2) is 0 Å². The molecule has 0 unspecified atom stereocenters. The molecule has 0 saturated carbocycles. The average molecular weight is 149 g/mol. The van der Waals surface area contributed by atoms with E-state index < -0.39 is 0 Å². The Balaban J connectivity index is 3.39. The van der Waals surface area contributed by atoms with Crippen molar-refractivity contribution >= 4 is 0 Å². The Kier molecular flexibility index (Phi) is 5.54. The van der Waals surface area contributed by atoms with Crippen molar-refractivity contribution in [3.63, 3.8) is 0 Å². The Bertz CT molecular complexity index is 78.0. The van der Waals surface area contributed by atoms with Crippen LogP contribution in [0.2, 0.25) is 0 Å². The largest absolute Gasteiger partial charge is 0.396 e. The third kappa shape index (κ3) is 4.70. The first-order valence-electron chi connectivity index (χ1n) is 3.63. The third-order valence-corrected chi connectivity index (χ3v) is 1.48. The summed E-state index contributed by atoms with van der Waals surface area (Å²) in [6.07, 6.45) is 1.14. The van der Waals surface area contributed by atoms with Gasteiger partial charge in [-0.1, -0.05) is 0 Å². The minimum atomic E-state index is -0.363. The van der Waals surface area contributed by atoms with E-state index >= 15 is 0 Å². The zero-order chi connectivity index (χ0) is 7.98. The molecule has 10 heavy (non-hydrogen) atoms. The SMILES string of the molecule is C[C@H](N)C[C@H](CO)CCF. The molecule has 0 fully saturated rings. The smallest absolute Gasteiger partial charge is 0.0898 e. The van der Waals surface area contributed by atoms with E-state index in [1.165, 1.54) is 0 Å². The third-order valence-electron chi connectivity index (χ3n) is 1.48.